The molecule has 0 fully saturated rings. The van der Waals surface area contributed by atoms with Crippen LogP contribution in [0.25, 0.3) is 0 Å². The third kappa shape index (κ3) is 20.7. The molecular formula is C11H27Cl3Si2. The minimum atomic E-state index is -1.79. The van der Waals surface area contributed by atoms with Gasteiger partial charge in [0.25, 0.3) is 0 Å². The zero-order valence-corrected chi connectivity index (χ0v) is 16.3. The first-order chi connectivity index (χ1) is 7.56. The van der Waals surface area contributed by atoms with Crippen LogP contribution in [0.2, 0.25) is 12.6 Å². The van der Waals surface area contributed by atoms with Gasteiger partial charge in [-0.25, -0.2) is 0 Å². The van der Waals surface area contributed by atoms with E-state index in [9.17, 15) is 0 Å². The van der Waals surface area contributed by atoms with Gasteiger partial charge in [0.05, 0.1) is 0 Å². The molecule has 100 valence electrons. The van der Waals surface area contributed by atoms with Crippen LogP contribution in [0, 0.1) is 0 Å². The summed E-state index contributed by atoms with van der Waals surface area (Å²) in [6, 6.07) is 1.06. The molecule has 0 aromatic heterocycles. The van der Waals surface area contributed by atoms with Crippen molar-refractivity contribution in [2.45, 2.75) is 70.9 Å². The SMILES string of the molecule is CCCCCCCCCC[Si](C)(Cl)Cl.[SiH3]Cl. The molecule has 0 N–H and O–H groups in total. The van der Waals surface area contributed by atoms with Gasteiger partial charge in [0.1, 0.15) is 9.55 Å². The maximum absolute atomic E-state index is 6.02. The fourth-order valence-corrected chi connectivity index (χ4v) is 3.24. The van der Waals surface area contributed by atoms with E-state index in [0.717, 1.165) is 15.6 Å². The first kappa shape index (κ1) is 19.6. The zero-order chi connectivity index (χ0) is 12.9. The van der Waals surface area contributed by atoms with Crippen LogP contribution in [0.4, 0.5) is 0 Å². The van der Waals surface area contributed by atoms with Crippen LogP contribution in [0.15, 0.2) is 0 Å². The molecule has 0 aromatic rings. The molecule has 0 unspecified atom stereocenters. The van der Waals surface area contributed by atoms with Crippen molar-refractivity contribution in [2.75, 3.05) is 0 Å². The minimum absolute atomic E-state index is 0.778. The van der Waals surface area contributed by atoms with Crippen LogP contribution in [-0.2, 0) is 0 Å². The third-order valence-corrected chi connectivity index (χ3v) is 4.83. The van der Waals surface area contributed by atoms with E-state index in [1.165, 1.54) is 51.4 Å². The van der Waals surface area contributed by atoms with E-state index in [2.05, 4.69) is 6.92 Å². The number of halogens is 3. The molecule has 0 bridgehead atoms. The quantitative estimate of drug-likeness (QED) is 0.312. The standard InChI is InChI=1S/C11H24Cl2Si.ClH3Si/c1-3-4-5-6-7-8-9-10-11-14(2,12)13;1-2/h3-11H2,1-2H3;2H3. The number of unbranched alkanes of at least 4 members (excludes halogenated alkanes) is 7. The Hall–Kier alpha value is 1.30. The van der Waals surface area contributed by atoms with Crippen molar-refractivity contribution in [1.82, 2.24) is 0 Å². The van der Waals surface area contributed by atoms with Crippen molar-refractivity contribution in [3.63, 3.8) is 0 Å². The van der Waals surface area contributed by atoms with Crippen LogP contribution in [0.1, 0.15) is 58.3 Å². The molecule has 0 aromatic carbocycles. The van der Waals surface area contributed by atoms with Crippen LogP contribution in [-0.4, -0.2) is 16.2 Å². The molecule has 0 radical (unpaired) electrons. The van der Waals surface area contributed by atoms with E-state index < -0.39 is 6.69 Å². The topological polar surface area (TPSA) is 0 Å². The smallest absolute Gasteiger partial charge is 0.181 e. The second kappa shape index (κ2) is 14.4. The maximum Gasteiger partial charge on any atom is 0.248 e. The average Bonchev–Trinajstić information content (AvgIpc) is 2.23. The lowest BCUT2D eigenvalue weighted by molar-refractivity contribution is 0.584. The lowest BCUT2D eigenvalue weighted by atomic mass is 10.1. The van der Waals surface area contributed by atoms with Crippen molar-refractivity contribution in [2.24, 2.45) is 0 Å². The van der Waals surface area contributed by atoms with E-state index in [1.807, 2.05) is 6.55 Å². The second-order valence-corrected chi connectivity index (χ2v) is 12.5. The van der Waals surface area contributed by atoms with Crippen LogP contribution in [0.3, 0.4) is 0 Å². The second-order valence-electron chi connectivity index (χ2n) is 4.30. The molecule has 0 saturated heterocycles. The van der Waals surface area contributed by atoms with Crippen molar-refractivity contribution in [1.29, 1.82) is 0 Å². The molecule has 0 aliphatic rings. The summed E-state index contributed by atoms with van der Waals surface area (Å²) >= 11 is 16.8. The Bertz CT molecular complexity index is 127. The summed E-state index contributed by atoms with van der Waals surface area (Å²) < 4.78 is 0. The van der Waals surface area contributed by atoms with Gasteiger partial charge in [-0.2, -0.15) is 11.1 Å². The lowest BCUT2D eigenvalue weighted by Gasteiger charge is -2.08. The van der Waals surface area contributed by atoms with Crippen molar-refractivity contribution in [3.8, 4) is 0 Å². The molecular weight excluding hydrogens is 295 g/mol. The van der Waals surface area contributed by atoms with Gasteiger partial charge in [0, 0.05) is 0 Å². The van der Waals surface area contributed by atoms with E-state index >= 15 is 0 Å². The van der Waals surface area contributed by atoms with E-state index in [4.69, 9.17) is 33.2 Å². The fourth-order valence-electron chi connectivity index (χ4n) is 1.57. The summed E-state index contributed by atoms with van der Waals surface area (Å²) in [4.78, 5) is 0. The van der Waals surface area contributed by atoms with Crippen LogP contribution < -0.4 is 0 Å². The minimum Gasteiger partial charge on any atom is -0.181 e. The summed E-state index contributed by atoms with van der Waals surface area (Å²) in [7, 11) is 0.778. The van der Waals surface area contributed by atoms with Gasteiger partial charge in [-0.3, -0.25) is 0 Å². The predicted octanol–water partition coefficient (Wildman–Crippen LogP) is 5.18. The van der Waals surface area contributed by atoms with Gasteiger partial charge in [0.15, 0.2) is 0 Å². The summed E-state index contributed by atoms with van der Waals surface area (Å²) in [5.41, 5.74) is 0. The predicted molar refractivity (Wildman–Crippen MR) is 86.5 cm³/mol. The van der Waals surface area contributed by atoms with Crippen molar-refractivity contribution < 1.29 is 0 Å². The zero-order valence-electron chi connectivity index (χ0n) is 11.0. The molecule has 0 heterocycles. The first-order valence-electron chi connectivity index (χ1n) is 6.32. The van der Waals surface area contributed by atoms with Gasteiger partial charge in [-0.15, -0.1) is 22.2 Å². The molecule has 0 atom stereocenters. The molecule has 0 rings (SSSR count). The van der Waals surface area contributed by atoms with E-state index in [1.54, 1.807) is 0 Å². The Morgan fingerprint density at radius 3 is 1.56 bits per heavy atom. The highest BCUT2D eigenvalue weighted by Crippen LogP contribution is 2.23. The van der Waals surface area contributed by atoms with Gasteiger partial charge < -0.3 is 0 Å². The molecule has 0 amide bonds. The summed E-state index contributed by atoms with van der Waals surface area (Å²) in [6.45, 7) is 2.47. The van der Waals surface area contributed by atoms with Gasteiger partial charge in [-0.1, -0.05) is 58.3 Å². The third-order valence-electron chi connectivity index (χ3n) is 2.47. The largest absolute Gasteiger partial charge is 0.248 e. The Labute approximate surface area is 120 Å². The Morgan fingerprint density at radius 1 is 0.812 bits per heavy atom. The van der Waals surface area contributed by atoms with Crippen molar-refractivity contribution in [3.05, 3.63) is 0 Å². The molecule has 0 nitrogen and oxygen atoms in total. The Kier molecular flexibility index (Phi) is 17.6. The van der Waals surface area contributed by atoms with E-state index in [-0.39, 0.29) is 0 Å². The summed E-state index contributed by atoms with van der Waals surface area (Å²) in [5.74, 6) is 0. The van der Waals surface area contributed by atoms with Crippen molar-refractivity contribution >= 4 is 49.5 Å². The van der Waals surface area contributed by atoms with E-state index in [0.29, 0.717) is 0 Å². The molecule has 0 saturated carbocycles. The maximum atomic E-state index is 6.02. The number of hydrogen-bond acceptors (Lipinski definition) is 0. The van der Waals surface area contributed by atoms with Gasteiger partial charge >= 0.3 is 0 Å². The Balaban J connectivity index is 0. The van der Waals surface area contributed by atoms with Crippen LogP contribution in [0.5, 0.6) is 0 Å². The lowest BCUT2D eigenvalue weighted by Crippen LogP contribution is -2.11. The normalized spacial score (nSPS) is 11.1. The highest BCUT2D eigenvalue weighted by Gasteiger charge is 2.19. The molecule has 16 heavy (non-hydrogen) atoms. The summed E-state index contributed by atoms with van der Waals surface area (Å²) in [6.07, 6.45) is 10.8. The molecule has 0 aliphatic heterocycles. The Morgan fingerprint density at radius 2 is 1.19 bits per heavy atom. The van der Waals surface area contributed by atoms with Crippen LogP contribution >= 0.6 is 33.2 Å². The highest BCUT2D eigenvalue weighted by atomic mass is 35.7. The fraction of sp³-hybridized carbons (Fsp3) is 1.00. The monoisotopic (exact) mass is 320 g/mol. The van der Waals surface area contributed by atoms with Gasteiger partial charge in [-0.05, 0) is 12.6 Å². The highest BCUT2D eigenvalue weighted by molar-refractivity contribution is 7.44. The summed E-state index contributed by atoms with van der Waals surface area (Å²) in [5, 5.41) is 0. The molecule has 0 aliphatic carbocycles. The van der Waals surface area contributed by atoms with Gasteiger partial charge in [0.2, 0.25) is 6.69 Å². The molecule has 5 heteroatoms. The number of hydrogen-bond donors (Lipinski definition) is 0. The number of rotatable bonds is 9. The molecule has 0 spiro atoms. The first-order valence-corrected chi connectivity index (χ1v) is 14.1. The average molecular weight is 322 g/mol.